The van der Waals surface area contributed by atoms with E-state index in [4.69, 9.17) is 33.2 Å². The van der Waals surface area contributed by atoms with Crippen molar-refractivity contribution in [2.24, 2.45) is 11.8 Å². The first-order valence-electron chi connectivity index (χ1n) is 13.6. The smallest absolute Gasteiger partial charge is 0.161 e. The molecule has 0 aliphatic carbocycles. The van der Waals surface area contributed by atoms with E-state index in [-0.39, 0.29) is 17.9 Å². The summed E-state index contributed by atoms with van der Waals surface area (Å²) in [4.78, 5) is 0. The Hall–Kier alpha value is -3.88. The zero-order chi connectivity index (χ0) is 29.4. The summed E-state index contributed by atoms with van der Waals surface area (Å²) in [7, 11) is 9.68. The highest BCUT2D eigenvalue weighted by atomic mass is 16.5. The van der Waals surface area contributed by atoms with Gasteiger partial charge < -0.3 is 38.3 Å². The van der Waals surface area contributed by atoms with Gasteiger partial charge in [-0.15, -0.1) is 0 Å². The topological polar surface area (TPSA) is 84.8 Å². The lowest BCUT2D eigenvalue weighted by Gasteiger charge is -2.38. The average Bonchev–Trinajstić information content (AvgIpc) is 3.03. The minimum absolute atomic E-state index is 0.0954. The predicted octanol–water partition coefficient (Wildman–Crippen LogP) is 6.27. The summed E-state index contributed by atoms with van der Waals surface area (Å²) in [5.41, 5.74) is 2.77. The molecule has 3 aromatic rings. The molecule has 0 saturated carbocycles. The highest BCUT2D eigenvalue weighted by Gasteiger charge is 2.36. The minimum atomic E-state index is -0.724. The Bertz CT molecular complexity index is 1320. The highest BCUT2D eigenvalue weighted by Crippen LogP contribution is 2.44. The molecule has 1 fully saturated rings. The molecule has 1 heterocycles. The largest absolute Gasteiger partial charge is 0.493 e. The number of methoxy groups -OCH3 is 6. The van der Waals surface area contributed by atoms with Crippen molar-refractivity contribution in [2.45, 2.75) is 25.0 Å². The molecule has 0 radical (unpaired) electrons. The first-order valence-corrected chi connectivity index (χ1v) is 13.6. The Morgan fingerprint density at radius 2 is 1.29 bits per heavy atom. The van der Waals surface area contributed by atoms with Gasteiger partial charge in [-0.25, -0.2) is 0 Å². The van der Waals surface area contributed by atoms with Crippen molar-refractivity contribution in [2.75, 3.05) is 49.3 Å². The fourth-order valence-corrected chi connectivity index (χ4v) is 5.43. The summed E-state index contributed by atoms with van der Waals surface area (Å²) in [6, 6.07) is 17.2. The van der Waals surface area contributed by atoms with Crippen molar-refractivity contribution in [1.29, 1.82) is 0 Å². The first-order chi connectivity index (χ1) is 20.0. The third-order valence-corrected chi connectivity index (χ3v) is 7.61. The van der Waals surface area contributed by atoms with Crippen LogP contribution in [0.4, 0.5) is 0 Å². The fraction of sp³-hybridized carbons (Fsp3) is 0.394. The summed E-state index contributed by atoms with van der Waals surface area (Å²) in [5.74, 6) is 3.87. The fourth-order valence-electron chi connectivity index (χ4n) is 5.43. The highest BCUT2D eigenvalue weighted by molar-refractivity contribution is 5.56. The van der Waals surface area contributed by atoms with Crippen LogP contribution in [0.15, 0.2) is 60.7 Å². The minimum Gasteiger partial charge on any atom is -0.493 e. The first kappa shape index (κ1) is 30.1. The molecule has 41 heavy (non-hydrogen) atoms. The van der Waals surface area contributed by atoms with Gasteiger partial charge in [-0.1, -0.05) is 30.4 Å². The van der Waals surface area contributed by atoms with Crippen LogP contribution in [0.2, 0.25) is 0 Å². The number of benzene rings is 3. The van der Waals surface area contributed by atoms with E-state index < -0.39 is 6.10 Å². The van der Waals surface area contributed by atoms with E-state index in [0.29, 0.717) is 41.1 Å². The predicted molar refractivity (Wildman–Crippen MR) is 158 cm³/mol. The number of hydrogen-bond acceptors (Lipinski definition) is 8. The van der Waals surface area contributed by atoms with Crippen molar-refractivity contribution in [3.63, 3.8) is 0 Å². The maximum Gasteiger partial charge on any atom is 0.161 e. The quantitative estimate of drug-likeness (QED) is 0.276. The normalized spacial score (nSPS) is 19.4. The van der Waals surface area contributed by atoms with Crippen LogP contribution in [0.25, 0.3) is 6.08 Å². The van der Waals surface area contributed by atoms with Gasteiger partial charge in [-0.3, -0.25) is 0 Å². The molecule has 0 bridgehead atoms. The Balaban J connectivity index is 1.59. The number of allylic oxidation sites excluding steroid dienone is 1. The summed E-state index contributed by atoms with van der Waals surface area (Å²) in [5, 5.41) is 11.4. The molecule has 0 unspecified atom stereocenters. The van der Waals surface area contributed by atoms with Crippen molar-refractivity contribution >= 4 is 6.08 Å². The molecule has 8 heteroatoms. The maximum absolute atomic E-state index is 11.4. The van der Waals surface area contributed by atoms with Crippen molar-refractivity contribution < 1.29 is 38.3 Å². The van der Waals surface area contributed by atoms with Gasteiger partial charge in [-0.05, 0) is 71.8 Å². The van der Waals surface area contributed by atoms with Crippen LogP contribution in [0, 0.1) is 11.8 Å². The number of aliphatic hydroxyl groups is 1. The second-order valence-electron chi connectivity index (χ2n) is 9.94. The Morgan fingerprint density at radius 1 is 0.732 bits per heavy atom. The molecular formula is C33H40O8. The lowest BCUT2D eigenvalue weighted by atomic mass is 9.79. The molecule has 0 spiro atoms. The second kappa shape index (κ2) is 14.1. The average molecular weight is 565 g/mol. The molecular weight excluding hydrogens is 524 g/mol. The molecule has 0 aromatic heterocycles. The van der Waals surface area contributed by atoms with Crippen molar-refractivity contribution in [1.82, 2.24) is 0 Å². The number of rotatable bonds is 12. The van der Waals surface area contributed by atoms with E-state index in [1.54, 1.807) is 42.7 Å². The molecule has 8 nitrogen and oxygen atoms in total. The van der Waals surface area contributed by atoms with E-state index in [1.807, 2.05) is 54.6 Å². The van der Waals surface area contributed by atoms with Gasteiger partial charge in [0, 0.05) is 5.92 Å². The molecule has 3 aromatic carbocycles. The monoisotopic (exact) mass is 564 g/mol. The standard InChI is InChI=1S/C33H40O8/c1-35-26-13-10-21(16-29(26)38-4)8-7-9-23-17-25(32(34)22-11-14-27(36-2)30(18-22)39-5)20-41-33(23)24-12-15-28(37-3)31(19-24)40-6/h7-8,10-16,18-19,23,25,32-34H,9,17,20H2,1-6H3/b8-7-/t23-,25-,32+,33-/m0/s1. The van der Waals surface area contributed by atoms with E-state index in [0.717, 1.165) is 29.5 Å². The van der Waals surface area contributed by atoms with Gasteiger partial charge >= 0.3 is 0 Å². The van der Waals surface area contributed by atoms with E-state index in [1.165, 1.54) is 0 Å². The number of hydrogen-bond donors (Lipinski definition) is 1. The molecule has 4 atom stereocenters. The van der Waals surface area contributed by atoms with Crippen LogP contribution in [0.3, 0.4) is 0 Å². The summed E-state index contributed by atoms with van der Waals surface area (Å²) >= 11 is 0. The van der Waals surface area contributed by atoms with Gasteiger partial charge in [-0.2, -0.15) is 0 Å². The van der Waals surface area contributed by atoms with Gasteiger partial charge in [0.05, 0.1) is 61.5 Å². The van der Waals surface area contributed by atoms with Crippen LogP contribution >= 0.6 is 0 Å². The molecule has 4 rings (SSSR count). The van der Waals surface area contributed by atoms with Gasteiger partial charge in [0.25, 0.3) is 0 Å². The van der Waals surface area contributed by atoms with E-state index >= 15 is 0 Å². The van der Waals surface area contributed by atoms with Gasteiger partial charge in [0.15, 0.2) is 34.5 Å². The molecule has 1 aliphatic heterocycles. The van der Waals surface area contributed by atoms with Gasteiger partial charge in [0.1, 0.15) is 0 Å². The van der Waals surface area contributed by atoms with Crippen molar-refractivity contribution in [3.05, 3.63) is 77.4 Å². The second-order valence-corrected chi connectivity index (χ2v) is 9.94. The van der Waals surface area contributed by atoms with Crippen molar-refractivity contribution in [3.8, 4) is 34.5 Å². The maximum atomic E-state index is 11.4. The Labute approximate surface area is 242 Å². The summed E-state index contributed by atoms with van der Waals surface area (Å²) < 4.78 is 39.1. The Morgan fingerprint density at radius 3 is 1.93 bits per heavy atom. The third kappa shape index (κ3) is 6.89. The SMILES string of the molecule is COc1ccc(/C=C\C[C@H]2C[C@H]([C@H](O)c3ccc(OC)c(OC)c3)CO[C@@H]2c2ccc(OC)c(OC)c2)cc1OC. The van der Waals surface area contributed by atoms with Crippen LogP contribution < -0.4 is 28.4 Å². The Kier molecular flexibility index (Phi) is 10.4. The van der Waals surface area contributed by atoms with Crippen LogP contribution in [-0.2, 0) is 4.74 Å². The molecule has 220 valence electrons. The lowest BCUT2D eigenvalue weighted by molar-refractivity contribution is -0.0901. The zero-order valence-electron chi connectivity index (χ0n) is 24.6. The summed E-state index contributed by atoms with van der Waals surface area (Å²) in [6.45, 7) is 0.407. The summed E-state index contributed by atoms with van der Waals surface area (Å²) in [6.07, 6.45) is 4.81. The van der Waals surface area contributed by atoms with E-state index in [2.05, 4.69) is 12.2 Å². The lowest BCUT2D eigenvalue weighted by Crippen LogP contribution is -2.32. The number of ether oxygens (including phenoxy) is 7. The third-order valence-electron chi connectivity index (χ3n) is 7.61. The number of aliphatic hydroxyl groups excluding tert-OH is 1. The van der Waals surface area contributed by atoms with Crippen LogP contribution in [-0.4, -0.2) is 54.4 Å². The van der Waals surface area contributed by atoms with Crippen LogP contribution in [0.1, 0.15) is 41.7 Å². The zero-order valence-corrected chi connectivity index (χ0v) is 24.6. The molecule has 0 amide bonds. The molecule has 1 aliphatic rings. The molecule has 1 saturated heterocycles. The molecule has 1 N–H and O–H groups in total. The van der Waals surface area contributed by atoms with Gasteiger partial charge in [0.2, 0.25) is 0 Å². The van der Waals surface area contributed by atoms with E-state index in [9.17, 15) is 5.11 Å². The van der Waals surface area contributed by atoms with Crippen LogP contribution in [0.5, 0.6) is 34.5 Å².